The van der Waals surface area contributed by atoms with Crippen LogP contribution in [-0.4, -0.2) is 34.5 Å². The van der Waals surface area contributed by atoms with Crippen LogP contribution in [0.2, 0.25) is 0 Å². The van der Waals surface area contributed by atoms with Gasteiger partial charge in [0, 0.05) is 0 Å². The number of allylic oxidation sites excluding steroid dienone is 5. The molecule has 0 saturated carbocycles. The maximum Gasteiger partial charge on any atom is 0.481 e. The van der Waals surface area contributed by atoms with Gasteiger partial charge >= 0.3 is 15.6 Å². The molecule has 0 amide bonds. The van der Waals surface area contributed by atoms with E-state index in [2.05, 4.69) is 40.9 Å². The molecule has 0 saturated heterocycles. The summed E-state index contributed by atoms with van der Waals surface area (Å²) in [5, 5.41) is 0. The molecule has 0 aliphatic rings. The normalized spacial score (nSPS) is 15.8. The number of hydrogen-bond acceptors (Lipinski definition) is 5. The molecule has 0 spiro atoms. The predicted molar refractivity (Wildman–Crippen MR) is 119 cm³/mol. The van der Waals surface area contributed by atoms with Crippen LogP contribution < -0.4 is 0 Å². The van der Waals surface area contributed by atoms with Gasteiger partial charge in [-0.05, 0) is 60.3 Å². The molecule has 1 unspecified atom stereocenters. The molecule has 0 aliphatic heterocycles. The molecule has 1 atom stereocenters. The summed E-state index contributed by atoms with van der Waals surface area (Å²) < 4.78 is 35.7. The lowest BCUT2D eigenvalue weighted by molar-refractivity contribution is 0.186. The zero-order chi connectivity index (χ0) is 23.2. The summed E-state index contributed by atoms with van der Waals surface area (Å²) in [6, 6.07) is 0. The lowest BCUT2D eigenvalue weighted by Gasteiger charge is -2.11. The molecule has 10 heteroatoms. The second-order valence-electron chi connectivity index (χ2n) is 7.36. The van der Waals surface area contributed by atoms with Crippen LogP contribution in [-0.2, 0) is 22.7 Å². The monoisotopic (exact) mass is 466 g/mol. The summed E-state index contributed by atoms with van der Waals surface area (Å²) in [5.74, 6) is 0. The Bertz CT molecular complexity index is 727. The van der Waals surface area contributed by atoms with Crippen molar-refractivity contribution in [3.8, 4) is 0 Å². The van der Waals surface area contributed by atoms with Gasteiger partial charge in [-0.15, -0.1) is 0 Å². The maximum absolute atomic E-state index is 11.3. The average molecular weight is 466 g/mol. The maximum atomic E-state index is 11.3. The van der Waals surface area contributed by atoms with E-state index < -0.39 is 15.6 Å². The first-order valence-electron chi connectivity index (χ1n) is 9.73. The molecule has 0 bridgehead atoms. The highest BCUT2D eigenvalue weighted by Gasteiger charge is 2.31. The molecule has 3 N–H and O–H groups in total. The molecule has 0 rings (SSSR count). The standard InChI is InChI=1S/C20H36O8P2/c1-17(2)12-14-26-16-20(5)11-7-9-18(3)8-6-10-19(4)13-15-27-30(24,25)28-29(21,22)23/h8,11-13H,6-7,9-10,14-16H2,1-5H3,(H,24,25)(H2,21,22,23)/b18-8+,19-13+,20-11+. The van der Waals surface area contributed by atoms with Gasteiger partial charge in [0.05, 0.1) is 19.8 Å². The molecule has 30 heavy (non-hydrogen) atoms. The van der Waals surface area contributed by atoms with Gasteiger partial charge in [-0.1, -0.05) is 46.6 Å². The number of hydrogen-bond donors (Lipinski definition) is 3. The van der Waals surface area contributed by atoms with E-state index in [1.165, 1.54) is 16.7 Å². The summed E-state index contributed by atoms with van der Waals surface area (Å²) in [5.41, 5.74) is 4.67. The summed E-state index contributed by atoms with van der Waals surface area (Å²) in [7, 11) is -9.87. The lowest BCUT2D eigenvalue weighted by atomic mass is 10.1. The Balaban J connectivity index is 4.16. The largest absolute Gasteiger partial charge is 0.481 e. The first kappa shape index (κ1) is 29.2. The Kier molecular flexibility index (Phi) is 14.6. The van der Waals surface area contributed by atoms with Gasteiger partial charge in [0.1, 0.15) is 0 Å². The van der Waals surface area contributed by atoms with E-state index in [-0.39, 0.29) is 6.61 Å². The minimum Gasteiger partial charge on any atom is -0.373 e. The Morgan fingerprint density at radius 3 is 1.83 bits per heavy atom. The minimum atomic E-state index is -5.09. The predicted octanol–water partition coefficient (Wildman–Crippen LogP) is 5.59. The van der Waals surface area contributed by atoms with Crippen molar-refractivity contribution in [1.29, 1.82) is 0 Å². The van der Waals surface area contributed by atoms with Crippen molar-refractivity contribution in [2.75, 3.05) is 19.8 Å². The number of rotatable bonds is 15. The van der Waals surface area contributed by atoms with Crippen LogP contribution in [0.5, 0.6) is 0 Å². The molecule has 174 valence electrons. The van der Waals surface area contributed by atoms with Gasteiger partial charge in [-0.25, -0.2) is 9.13 Å². The third kappa shape index (κ3) is 19.2. The second-order valence-corrected chi connectivity index (χ2v) is 10.2. The van der Waals surface area contributed by atoms with Gasteiger partial charge in [0.2, 0.25) is 0 Å². The molecule has 0 radical (unpaired) electrons. The highest BCUT2D eigenvalue weighted by Crippen LogP contribution is 2.57. The average Bonchev–Trinajstić information content (AvgIpc) is 2.56. The van der Waals surface area contributed by atoms with Gasteiger partial charge in [-0.3, -0.25) is 4.52 Å². The highest BCUT2D eigenvalue weighted by atomic mass is 31.3. The summed E-state index contributed by atoms with van der Waals surface area (Å²) in [6.07, 6.45) is 11.5. The molecule has 0 aromatic heterocycles. The van der Waals surface area contributed by atoms with Crippen molar-refractivity contribution in [2.45, 2.75) is 60.3 Å². The first-order chi connectivity index (χ1) is 13.8. The van der Waals surface area contributed by atoms with E-state index >= 15 is 0 Å². The van der Waals surface area contributed by atoms with Crippen LogP contribution in [0.4, 0.5) is 0 Å². The SMILES string of the molecule is CC(C)=CCOC/C(C)=C/CC/C(C)=C/CC/C(C)=C/COP(=O)(O)OP(=O)(O)O. The Morgan fingerprint density at radius 1 is 0.767 bits per heavy atom. The van der Waals surface area contributed by atoms with E-state index in [0.717, 1.165) is 31.3 Å². The van der Waals surface area contributed by atoms with E-state index in [1.54, 1.807) is 6.08 Å². The second kappa shape index (κ2) is 15.1. The minimum absolute atomic E-state index is 0.276. The van der Waals surface area contributed by atoms with E-state index in [0.29, 0.717) is 13.2 Å². The van der Waals surface area contributed by atoms with Crippen LogP contribution in [0.15, 0.2) is 46.6 Å². The Morgan fingerprint density at radius 2 is 1.30 bits per heavy atom. The summed E-state index contributed by atoms with van der Waals surface area (Å²) >= 11 is 0. The fraction of sp³-hybridized carbons (Fsp3) is 0.600. The van der Waals surface area contributed by atoms with E-state index in [1.807, 2.05) is 20.8 Å². The molecule has 0 aromatic rings. The molecule has 0 aromatic carbocycles. The third-order valence-corrected chi connectivity index (χ3v) is 6.03. The smallest absolute Gasteiger partial charge is 0.373 e. The number of ether oxygens (including phenoxy) is 1. The van der Waals surface area contributed by atoms with Crippen LogP contribution in [0.25, 0.3) is 0 Å². The molecule has 8 nitrogen and oxygen atoms in total. The van der Waals surface area contributed by atoms with Gasteiger partial charge in [-0.2, -0.15) is 4.31 Å². The van der Waals surface area contributed by atoms with Crippen molar-refractivity contribution in [1.82, 2.24) is 0 Å². The zero-order valence-corrected chi connectivity index (χ0v) is 20.3. The molecule has 0 aliphatic carbocycles. The zero-order valence-electron chi connectivity index (χ0n) is 18.5. The first-order valence-corrected chi connectivity index (χ1v) is 12.8. The van der Waals surface area contributed by atoms with Crippen molar-refractivity contribution < 1.29 is 37.4 Å². The van der Waals surface area contributed by atoms with Crippen molar-refractivity contribution in [3.63, 3.8) is 0 Å². The third-order valence-electron chi connectivity index (χ3n) is 3.88. The van der Waals surface area contributed by atoms with Gasteiger partial charge < -0.3 is 19.4 Å². The summed E-state index contributed by atoms with van der Waals surface area (Å²) in [4.78, 5) is 26.2. The van der Waals surface area contributed by atoms with E-state index in [4.69, 9.17) is 14.5 Å². The van der Waals surface area contributed by atoms with Crippen molar-refractivity contribution >= 4 is 15.6 Å². The van der Waals surface area contributed by atoms with Gasteiger partial charge in [0.25, 0.3) is 0 Å². The van der Waals surface area contributed by atoms with Crippen molar-refractivity contribution in [2.24, 2.45) is 0 Å². The van der Waals surface area contributed by atoms with Crippen LogP contribution >= 0.6 is 15.6 Å². The van der Waals surface area contributed by atoms with E-state index in [9.17, 15) is 14.0 Å². The quantitative estimate of drug-likeness (QED) is 0.162. The molecular formula is C20H36O8P2. The molecule has 0 fully saturated rings. The number of phosphoric acid groups is 2. The fourth-order valence-electron chi connectivity index (χ4n) is 2.23. The van der Waals surface area contributed by atoms with Crippen molar-refractivity contribution in [3.05, 3.63) is 46.6 Å². The number of phosphoric ester groups is 1. The summed E-state index contributed by atoms with van der Waals surface area (Å²) in [6.45, 7) is 11.1. The Labute approximate surface area is 180 Å². The Hall–Kier alpha value is -0.820. The van der Waals surface area contributed by atoms with Gasteiger partial charge in [0.15, 0.2) is 0 Å². The van der Waals surface area contributed by atoms with Crippen LogP contribution in [0, 0.1) is 0 Å². The molecule has 0 heterocycles. The molecular weight excluding hydrogens is 430 g/mol. The van der Waals surface area contributed by atoms with Crippen LogP contribution in [0.3, 0.4) is 0 Å². The van der Waals surface area contributed by atoms with Crippen LogP contribution in [0.1, 0.15) is 60.3 Å². The fourth-order valence-corrected chi connectivity index (χ4v) is 3.76. The topological polar surface area (TPSA) is 123 Å². The lowest BCUT2D eigenvalue weighted by Crippen LogP contribution is -1.96. The highest BCUT2D eigenvalue weighted by molar-refractivity contribution is 7.60.